The number of hydrogen-bond donors (Lipinski definition) is 1. The minimum absolute atomic E-state index is 0.0227. The van der Waals surface area contributed by atoms with E-state index >= 15 is 0 Å². The largest absolute Gasteiger partial charge is 0.295 e. The van der Waals surface area contributed by atoms with Crippen LogP contribution >= 0.6 is 11.6 Å². The predicted molar refractivity (Wildman–Crippen MR) is 94.8 cm³/mol. The van der Waals surface area contributed by atoms with Crippen molar-refractivity contribution >= 4 is 21.8 Å². The first kappa shape index (κ1) is 18.7. The van der Waals surface area contributed by atoms with Crippen LogP contribution in [0.5, 0.6) is 0 Å². The SMILES string of the molecule is CC1CCN(C(CNS(=O)(=O)N(C)C)c2ccc(Cl)cc2)CC1. The molecule has 0 amide bonds. The first-order valence-corrected chi connectivity index (χ1v) is 9.78. The van der Waals surface area contributed by atoms with Crippen molar-refractivity contribution in [2.75, 3.05) is 33.7 Å². The molecular weight excluding hydrogens is 334 g/mol. The van der Waals surface area contributed by atoms with Gasteiger partial charge in [-0.05, 0) is 49.5 Å². The van der Waals surface area contributed by atoms with Crippen LogP contribution in [0.4, 0.5) is 0 Å². The molecule has 1 unspecified atom stereocenters. The number of hydrogen-bond acceptors (Lipinski definition) is 3. The maximum Gasteiger partial charge on any atom is 0.278 e. The second kappa shape index (κ2) is 7.94. The molecule has 1 saturated heterocycles. The number of rotatable bonds is 6. The minimum Gasteiger partial charge on any atom is -0.295 e. The summed E-state index contributed by atoms with van der Waals surface area (Å²) in [4.78, 5) is 2.36. The molecular formula is C16H26ClN3O2S. The van der Waals surface area contributed by atoms with E-state index < -0.39 is 10.2 Å². The quantitative estimate of drug-likeness (QED) is 0.849. The van der Waals surface area contributed by atoms with Crippen LogP contribution in [0.15, 0.2) is 24.3 Å². The molecule has 0 aliphatic carbocycles. The molecule has 0 radical (unpaired) electrons. The third-order valence-electron chi connectivity index (χ3n) is 4.45. The maximum atomic E-state index is 12.0. The summed E-state index contributed by atoms with van der Waals surface area (Å²) >= 11 is 5.98. The molecule has 1 aliphatic heterocycles. The number of nitrogens with one attached hydrogen (secondary N) is 1. The molecule has 1 heterocycles. The van der Waals surface area contributed by atoms with Crippen LogP contribution < -0.4 is 4.72 Å². The van der Waals surface area contributed by atoms with Gasteiger partial charge in [0.25, 0.3) is 10.2 Å². The number of likely N-dealkylation sites (tertiary alicyclic amines) is 1. The van der Waals surface area contributed by atoms with Gasteiger partial charge >= 0.3 is 0 Å². The van der Waals surface area contributed by atoms with Gasteiger partial charge < -0.3 is 0 Å². The molecule has 0 saturated carbocycles. The maximum absolute atomic E-state index is 12.0. The molecule has 1 fully saturated rings. The Labute approximate surface area is 144 Å². The first-order chi connectivity index (χ1) is 10.8. The van der Waals surface area contributed by atoms with Gasteiger partial charge in [0.05, 0.1) is 0 Å². The van der Waals surface area contributed by atoms with Crippen molar-refractivity contribution in [1.29, 1.82) is 0 Å². The van der Waals surface area contributed by atoms with E-state index in [0.717, 1.165) is 37.4 Å². The van der Waals surface area contributed by atoms with Crippen molar-refractivity contribution in [2.24, 2.45) is 5.92 Å². The van der Waals surface area contributed by atoms with Gasteiger partial charge in [0.1, 0.15) is 0 Å². The molecule has 1 aromatic rings. The Balaban J connectivity index is 2.16. The Kier molecular flexibility index (Phi) is 6.45. The highest BCUT2D eigenvalue weighted by Crippen LogP contribution is 2.27. The normalized spacial score (nSPS) is 19.2. The Morgan fingerprint density at radius 1 is 1.26 bits per heavy atom. The average molecular weight is 360 g/mol. The standard InChI is InChI=1S/C16H26ClN3O2S/c1-13-8-10-20(11-9-13)16(12-18-23(21,22)19(2)3)14-4-6-15(17)7-5-14/h4-7,13,16,18H,8-12H2,1-3H3. The van der Waals surface area contributed by atoms with Gasteiger partial charge in [-0.1, -0.05) is 30.7 Å². The molecule has 23 heavy (non-hydrogen) atoms. The van der Waals surface area contributed by atoms with Gasteiger partial charge in [0.15, 0.2) is 0 Å². The van der Waals surface area contributed by atoms with Crippen molar-refractivity contribution in [2.45, 2.75) is 25.8 Å². The highest BCUT2D eigenvalue weighted by Gasteiger charge is 2.26. The topological polar surface area (TPSA) is 52.7 Å². The average Bonchev–Trinajstić information content (AvgIpc) is 2.50. The number of piperidine rings is 1. The number of halogens is 1. The molecule has 130 valence electrons. The van der Waals surface area contributed by atoms with Crippen LogP contribution in [-0.4, -0.2) is 51.4 Å². The van der Waals surface area contributed by atoms with Gasteiger partial charge in [-0.15, -0.1) is 0 Å². The van der Waals surface area contributed by atoms with Crippen molar-refractivity contribution in [1.82, 2.24) is 13.9 Å². The predicted octanol–water partition coefficient (Wildman–Crippen LogP) is 2.51. The van der Waals surface area contributed by atoms with Gasteiger partial charge in [-0.2, -0.15) is 12.7 Å². The fraction of sp³-hybridized carbons (Fsp3) is 0.625. The number of benzene rings is 1. The summed E-state index contributed by atoms with van der Waals surface area (Å²) in [5.74, 6) is 0.732. The lowest BCUT2D eigenvalue weighted by molar-refractivity contribution is 0.139. The van der Waals surface area contributed by atoms with E-state index in [-0.39, 0.29) is 6.04 Å². The third-order valence-corrected chi connectivity index (χ3v) is 6.20. The monoisotopic (exact) mass is 359 g/mol. The Hall–Kier alpha value is -0.660. The van der Waals surface area contributed by atoms with E-state index in [1.807, 2.05) is 24.3 Å². The Morgan fingerprint density at radius 2 is 1.83 bits per heavy atom. The van der Waals surface area contributed by atoms with Gasteiger partial charge in [-0.3, -0.25) is 4.90 Å². The van der Waals surface area contributed by atoms with Crippen LogP contribution in [-0.2, 0) is 10.2 Å². The highest BCUT2D eigenvalue weighted by atomic mass is 35.5. The molecule has 0 aromatic heterocycles. The van der Waals surface area contributed by atoms with Crippen LogP contribution in [0.25, 0.3) is 0 Å². The van der Waals surface area contributed by atoms with Gasteiger partial charge in [-0.25, -0.2) is 4.72 Å². The summed E-state index contributed by atoms with van der Waals surface area (Å²) in [6.07, 6.45) is 2.29. The Morgan fingerprint density at radius 3 is 2.35 bits per heavy atom. The second-order valence-corrected chi connectivity index (χ2v) is 8.83. The van der Waals surface area contributed by atoms with Crippen LogP contribution in [0.1, 0.15) is 31.4 Å². The minimum atomic E-state index is -3.43. The molecule has 0 spiro atoms. The van der Waals surface area contributed by atoms with Crippen LogP contribution in [0.3, 0.4) is 0 Å². The van der Waals surface area contributed by atoms with Crippen LogP contribution in [0, 0.1) is 5.92 Å². The molecule has 7 heteroatoms. The van der Waals surface area contributed by atoms with E-state index in [4.69, 9.17) is 11.6 Å². The smallest absolute Gasteiger partial charge is 0.278 e. The molecule has 5 nitrogen and oxygen atoms in total. The molecule has 1 N–H and O–H groups in total. The molecule has 1 atom stereocenters. The van der Waals surface area contributed by atoms with E-state index in [2.05, 4.69) is 16.5 Å². The van der Waals surface area contributed by atoms with E-state index in [1.54, 1.807) is 0 Å². The van der Waals surface area contributed by atoms with E-state index in [9.17, 15) is 8.42 Å². The highest BCUT2D eigenvalue weighted by molar-refractivity contribution is 7.87. The molecule has 2 rings (SSSR count). The molecule has 1 aliphatic rings. The van der Waals surface area contributed by atoms with Crippen LogP contribution in [0.2, 0.25) is 5.02 Å². The lowest BCUT2D eigenvalue weighted by atomic mass is 9.96. The zero-order chi connectivity index (χ0) is 17.0. The number of nitrogens with zero attached hydrogens (tertiary/aromatic N) is 2. The summed E-state index contributed by atoms with van der Waals surface area (Å²) in [6, 6.07) is 7.70. The van der Waals surface area contributed by atoms with Crippen molar-refractivity contribution in [3.05, 3.63) is 34.9 Å². The van der Waals surface area contributed by atoms with Crippen molar-refractivity contribution in [3.63, 3.8) is 0 Å². The zero-order valence-electron chi connectivity index (χ0n) is 14.0. The summed E-state index contributed by atoms with van der Waals surface area (Å²) in [5, 5.41) is 0.689. The summed E-state index contributed by atoms with van der Waals surface area (Å²) < 4.78 is 28.0. The lowest BCUT2D eigenvalue weighted by Crippen LogP contribution is -2.44. The second-order valence-electron chi connectivity index (χ2n) is 6.42. The van der Waals surface area contributed by atoms with Gasteiger partial charge in [0.2, 0.25) is 0 Å². The van der Waals surface area contributed by atoms with E-state index in [0.29, 0.717) is 11.6 Å². The summed E-state index contributed by atoms with van der Waals surface area (Å²) in [7, 11) is -0.368. The molecule has 1 aromatic carbocycles. The lowest BCUT2D eigenvalue weighted by Gasteiger charge is -2.37. The molecule has 0 bridgehead atoms. The fourth-order valence-electron chi connectivity index (χ4n) is 2.80. The summed E-state index contributed by atoms with van der Waals surface area (Å²) in [6.45, 7) is 4.59. The van der Waals surface area contributed by atoms with Crippen molar-refractivity contribution in [3.8, 4) is 0 Å². The Bertz CT molecular complexity index is 596. The van der Waals surface area contributed by atoms with Gasteiger partial charge in [0, 0.05) is 31.7 Å². The zero-order valence-corrected chi connectivity index (χ0v) is 15.6. The first-order valence-electron chi connectivity index (χ1n) is 7.96. The van der Waals surface area contributed by atoms with Crippen molar-refractivity contribution < 1.29 is 8.42 Å². The fourth-order valence-corrected chi connectivity index (χ4v) is 3.55. The third kappa shape index (κ3) is 5.16. The summed E-state index contributed by atoms with van der Waals surface area (Å²) in [5.41, 5.74) is 1.09. The van der Waals surface area contributed by atoms with E-state index in [1.165, 1.54) is 18.4 Å².